The van der Waals surface area contributed by atoms with Crippen molar-refractivity contribution in [3.8, 4) is 0 Å². The van der Waals surface area contributed by atoms with Gasteiger partial charge in [-0.15, -0.1) is 0 Å². The molecule has 0 N–H and O–H groups in total. The first kappa shape index (κ1) is 9.50. The molecular weight excluding hydrogens is 151 g/mol. The highest BCUT2D eigenvalue weighted by Gasteiger charge is 2.33. The lowest BCUT2D eigenvalue weighted by atomic mass is 9.75. The Morgan fingerprint density at radius 2 is 2.09 bits per heavy atom. The molecule has 0 aromatic rings. The quantitative estimate of drug-likeness (QED) is 0.475. The molecule has 0 aromatic carbocycles. The van der Waals surface area contributed by atoms with Crippen LogP contribution in [0, 0.1) is 17.8 Å². The lowest BCUT2D eigenvalue weighted by Crippen LogP contribution is -2.18. The molecule has 0 aromatic heterocycles. The van der Waals surface area contributed by atoms with Gasteiger partial charge >= 0.3 is 0 Å². The highest BCUT2D eigenvalue weighted by atomic mass is 32.1. The van der Waals surface area contributed by atoms with Crippen LogP contribution in [0.4, 0.5) is 0 Å². The lowest BCUT2D eigenvalue weighted by molar-refractivity contribution is 0.319. The average Bonchev–Trinajstić information content (AvgIpc) is 2.30. The third-order valence-electron chi connectivity index (χ3n) is 3.09. The van der Waals surface area contributed by atoms with Gasteiger partial charge in [0.15, 0.2) is 0 Å². The van der Waals surface area contributed by atoms with Gasteiger partial charge in [0.05, 0.1) is 7.85 Å². The first-order chi connectivity index (χ1) is 5.16. The maximum absolute atomic E-state index is 4.39. The van der Waals surface area contributed by atoms with Gasteiger partial charge in [0, 0.05) is 0 Å². The van der Waals surface area contributed by atoms with Crippen molar-refractivity contribution in [3.63, 3.8) is 0 Å². The smallest absolute Gasteiger partial charge is 0.0912 e. The van der Waals surface area contributed by atoms with Crippen LogP contribution in [0.25, 0.3) is 0 Å². The van der Waals surface area contributed by atoms with E-state index in [4.69, 9.17) is 0 Å². The van der Waals surface area contributed by atoms with E-state index >= 15 is 0 Å². The molecule has 1 aliphatic rings. The van der Waals surface area contributed by atoms with Gasteiger partial charge in [0.2, 0.25) is 0 Å². The third-order valence-corrected chi connectivity index (χ3v) is 3.51. The molecule has 1 fully saturated rings. The fraction of sp³-hybridized carbons (Fsp3) is 1.00. The molecule has 0 nitrogen and oxygen atoms in total. The fourth-order valence-corrected chi connectivity index (χ4v) is 2.87. The van der Waals surface area contributed by atoms with E-state index in [0.717, 1.165) is 23.5 Å². The van der Waals surface area contributed by atoms with Crippen LogP contribution in [0.15, 0.2) is 0 Å². The summed E-state index contributed by atoms with van der Waals surface area (Å²) in [5.41, 5.74) is 0. The molecule has 0 spiro atoms. The summed E-state index contributed by atoms with van der Waals surface area (Å²) < 4.78 is 0. The topological polar surface area (TPSA) is 0 Å². The minimum Gasteiger partial charge on any atom is -0.179 e. The molecule has 3 unspecified atom stereocenters. The zero-order valence-electron chi connectivity index (χ0n) is 7.59. The largest absolute Gasteiger partial charge is 0.179 e. The second-order valence-electron chi connectivity index (χ2n) is 4.09. The summed E-state index contributed by atoms with van der Waals surface area (Å²) in [5.74, 6) is 4.17. The molecule has 1 rings (SSSR count). The molecule has 1 saturated carbocycles. The van der Waals surface area contributed by atoms with E-state index < -0.39 is 0 Å². The van der Waals surface area contributed by atoms with Crippen molar-refractivity contribution in [3.05, 3.63) is 0 Å². The van der Waals surface area contributed by atoms with Crippen molar-refractivity contribution in [2.45, 2.75) is 32.5 Å². The van der Waals surface area contributed by atoms with E-state index in [1.54, 1.807) is 0 Å². The normalized spacial score (nSPS) is 38.4. The minimum atomic E-state index is 0.667. The number of thiol groups is 1. The van der Waals surface area contributed by atoms with Crippen molar-refractivity contribution in [2.24, 2.45) is 17.8 Å². The SMILES string of the molecule is [BH]C1CCC(C(C)C)C1CS. The van der Waals surface area contributed by atoms with Crippen LogP contribution in [0.1, 0.15) is 26.7 Å². The van der Waals surface area contributed by atoms with Crippen LogP contribution >= 0.6 is 12.6 Å². The maximum Gasteiger partial charge on any atom is 0.0912 e. The lowest BCUT2D eigenvalue weighted by Gasteiger charge is -2.24. The van der Waals surface area contributed by atoms with E-state index in [1.807, 2.05) is 0 Å². The Hall–Kier alpha value is 0.415. The van der Waals surface area contributed by atoms with Crippen molar-refractivity contribution in [1.29, 1.82) is 0 Å². The molecule has 2 heteroatoms. The van der Waals surface area contributed by atoms with Crippen LogP contribution in [-0.4, -0.2) is 13.6 Å². The highest BCUT2D eigenvalue weighted by Crippen LogP contribution is 2.43. The summed E-state index contributed by atoms with van der Waals surface area (Å²) >= 11 is 4.39. The average molecular weight is 169 g/mol. The molecule has 3 atom stereocenters. The number of rotatable bonds is 2. The van der Waals surface area contributed by atoms with Crippen molar-refractivity contribution in [2.75, 3.05) is 5.75 Å². The van der Waals surface area contributed by atoms with Crippen LogP contribution in [0.3, 0.4) is 0 Å². The highest BCUT2D eigenvalue weighted by molar-refractivity contribution is 7.80. The Bertz CT molecular complexity index is 125. The third kappa shape index (κ3) is 1.96. The maximum atomic E-state index is 4.39. The monoisotopic (exact) mass is 169 g/mol. The number of hydrogen-bond donors (Lipinski definition) is 1. The summed E-state index contributed by atoms with van der Waals surface area (Å²) in [6.07, 6.45) is 2.69. The van der Waals surface area contributed by atoms with Crippen molar-refractivity contribution in [1.82, 2.24) is 0 Å². The first-order valence-corrected chi connectivity index (χ1v) is 5.24. The zero-order chi connectivity index (χ0) is 8.43. The van der Waals surface area contributed by atoms with Crippen molar-refractivity contribution >= 4 is 20.5 Å². The van der Waals surface area contributed by atoms with Gasteiger partial charge in [0.1, 0.15) is 0 Å². The molecule has 0 amide bonds. The van der Waals surface area contributed by atoms with Gasteiger partial charge in [-0.25, -0.2) is 0 Å². The van der Waals surface area contributed by atoms with Gasteiger partial charge < -0.3 is 0 Å². The summed E-state index contributed by atoms with van der Waals surface area (Å²) in [4.78, 5) is 0. The zero-order valence-corrected chi connectivity index (χ0v) is 8.48. The summed E-state index contributed by atoms with van der Waals surface area (Å²) in [7, 11) is 4.17. The standard InChI is InChI=1S/C9H18BS/c1-6(2)7-3-4-9(10)8(7)5-11/h6-11H,3-5H2,1-2H3. The predicted molar refractivity (Wildman–Crippen MR) is 55.8 cm³/mol. The van der Waals surface area contributed by atoms with E-state index in [2.05, 4.69) is 34.3 Å². The Labute approximate surface area is 77.0 Å². The summed E-state index contributed by atoms with van der Waals surface area (Å²) in [5, 5.41) is 0. The molecule has 11 heavy (non-hydrogen) atoms. The molecular formula is C9H18BS. The summed E-state index contributed by atoms with van der Waals surface area (Å²) in [6.45, 7) is 4.64. The van der Waals surface area contributed by atoms with Crippen LogP contribution in [0.2, 0.25) is 5.82 Å². The van der Waals surface area contributed by atoms with Crippen molar-refractivity contribution < 1.29 is 0 Å². The van der Waals surface area contributed by atoms with Gasteiger partial charge in [-0.05, 0) is 23.5 Å². The van der Waals surface area contributed by atoms with E-state index in [-0.39, 0.29) is 0 Å². The molecule has 1 aliphatic carbocycles. The van der Waals surface area contributed by atoms with E-state index in [0.29, 0.717) is 5.82 Å². The van der Waals surface area contributed by atoms with Gasteiger partial charge in [-0.2, -0.15) is 12.6 Å². The summed E-state index contributed by atoms with van der Waals surface area (Å²) in [6, 6.07) is 0. The van der Waals surface area contributed by atoms with Gasteiger partial charge in [0.25, 0.3) is 0 Å². The first-order valence-electron chi connectivity index (χ1n) is 4.60. The Morgan fingerprint density at radius 1 is 1.45 bits per heavy atom. The van der Waals surface area contributed by atoms with E-state index in [1.165, 1.54) is 12.8 Å². The predicted octanol–water partition coefficient (Wildman–Crippen LogP) is 2.29. The Morgan fingerprint density at radius 3 is 2.45 bits per heavy atom. The Balaban J connectivity index is 2.54. The van der Waals surface area contributed by atoms with Crippen LogP contribution in [0.5, 0.6) is 0 Å². The van der Waals surface area contributed by atoms with Gasteiger partial charge in [-0.1, -0.05) is 32.5 Å². The number of hydrogen-bond acceptors (Lipinski definition) is 1. The molecule has 63 valence electrons. The molecule has 0 bridgehead atoms. The Kier molecular flexibility index (Phi) is 3.36. The second kappa shape index (κ2) is 3.89. The van der Waals surface area contributed by atoms with Crippen LogP contribution < -0.4 is 0 Å². The molecule has 0 saturated heterocycles. The van der Waals surface area contributed by atoms with Gasteiger partial charge in [-0.3, -0.25) is 0 Å². The van der Waals surface area contributed by atoms with Crippen LogP contribution in [-0.2, 0) is 0 Å². The fourth-order valence-electron chi connectivity index (χ4n) is 2.30. The minimum absolute atomic E-state index is 0.667. The molecule has 0 heterocycles. The molecule has 0 aliphatic heterocycles. The van der Waals surface area contributed by atoms with E-state index in [9.17, 15) is 0 Å². The molecule has 1 radical (unpaired) electrons. The second-order valence-corrected chi connectivity index (χ2v) is 4.46.